The van der Waals surface area contributed by atoms with E-state index in [4.69, 9.17) is 0 Å². The summed E-state index contributed by atoms with van der Waals surface area (Å²) in [6.45, 7) is 13.3. The smallest absolute Gasteiger partial charge is 0.0546 e. The van der Waals surface area contributed by atoms with Crippen LogP contribution in [0.2, 0.25) is 0 Å². The third-order valence-corrected chi connectivity index (χ3v) is 10.3. The van der Waals surface area contributed by atoms with Gasteiger partial charge in [0.2, 0.25) is 0 Å². The van der Waals surface area contributed by atoms with E-state index in [1.54, 1.807) is 0 Å². The molecule has 0 N–H and O–H groups in total. The Kier molecular flexibility index (Phi) is 8.04. The zero-order valence-electron chi connectivity index (χ0n) is 29.9. The fourth-order valence-electron chi connectivity index (χ4n) is 7.44. The molecule has 0 fully saturated rings. The lowest BCUT2D eigenvalue weighted by molar-refractivity contribution is 0.866. The van der Waals surface area contributed by atoms with Crippen molar-refractivity contribution in [3.05, 3.63) is 168 Å². The molecule has 0 atom stereocenters. The van der Waals surface area contributed by atoms with Crippen LogP contribution >= 0.6 is 0 Å². The van der Waals surface area contributed by atoms with Crippen LogP contribution in [0.5, 0.6) is 0 Å². The summed E-state index contributed by atoms with van der Waals surface area (Å²) >= 11 is 0. The molecular formula is C48H44N2. The molecular weight excluding hydrogens is 605 g/mol. The number of nitrogens with zero attached hydrogens (tertiary/aromatic N) is 2. The first-order chi connectivity index (χ1) is 24.3. The van der Waals surface area contributed by atoms with Gasteiger partial charge in [0, 0.05) is 33.5 Å². The van der Waals surface area contributed by atoms with Crippen LogP contribution in [0.4, 0.5) is 34.1 Å². The van der Waals surface area contributed by atoms with Gasteiger partial charge < -0.3 is 9.80 Å². The third kappa shape index (κ3) is 5.55. The van der Waals surface area contributed by atoms with Crippen molar-refractivity contribution in [1.29, 1.82) is 0 Å². The lowest BCUT2D eigenvalue weighted by atomic mass is 9.91. The van der Waals surface area contributed by atoms with Crippen molar-refractivity contribution in [2.45, 2.75) is 53.4 Å². The van der Waals surface area contributed by atoms with Gasteiger partial charge in [-0.2, -0.15) is 0 Å². The molecule has 8 aromatic carbocycles. The molecule has 8 aromatic rings. The molecule has 0 bridgehead atoms. The maximum atomic E-state index is 2.43. The van der Waals surface area contributed by atoms with Gasteiger partial charge in [-0.1, -0.05) is 124 Å². The Morgan fingerprint density at radius 3 is 1.02 bits per heavy atom. The Morgan fingerprint density at radius 1 is 0.380 bits per heavy atom. The normalized spacial score (nSPS) is 11.8. The molecule has 0 aromatic heterocycles. The quantitative estimate of drug-likeness (QED) is 0.151. The molecule has 8 rings (SSSR count). The first-order valence-electron chi connectivity index (χ1n) is 17.9. The van der Waals surface area contributed by atoms with Crippen molar-refractivity contribution in [3.8, 4) is 0 Å². The van der Waals surface area contributed by atoms with E-state index in [1.807, 2.05) is 0 Å². The van der Waals surface area contributed by atoms with E-state index < -0.39 is 0 Å². The van der Waals surface area contributed by atoms with Gasteiger partial charge in [-0.25, -0.2) is 0 Å². The van der Waals surface area contributed by atoms with Gasteiger partial charge in [-0.05, 0) is 119 Å². The summed E-state index contributed by atoms with van der Waals surface area (Å²) in [6, 6.07) is 54.5. The molecule has 246 valence electrons. The number of rotatable bonds is 8. The second kappa shape index (κ2) is 12.7. The van der Waals surface area contributed by atoms with Crippen LogP contribution in [0.15, 0.2) is 146 Å². The highest BCUT2D eigenvalue weighted by molar-refractivity contribution is 6.29. The highest BCUT2D eigenvalue weighted by Gasteiger charge is 2.23. The first-order valence-corrected chi connectivity index (χ1v) is 17.9. The molecule has 0 aliphatic rings. The summed E-state index contributed by atoms with van der Waals surface area (Å²) in [4.78, 5) is 4.87. The van der Waals surface area contributed by atoms with Gasteiger partial charge in [0.1, 0.15) is 0 Å². The third-order valence-electron chi connectivity index (χ3n) is 10.3. The van der Waals surface area contributed by atoms with Crippen LogP contribution in [0.25, 0.3) is 32.3 Å². The maximum Gasteiger partial charge on any atom is 0.0546 e. The molecule has 0 amide bonds. The summed E-state index contributed by atoms with van der Waals surface area (Å²) < 4.78 is 0. The fourth-order valence-corrected chi connectivity index (χ4v) is 7.44. The molecule has 0 radical (unpaired) electrons. The Morgan fingerprint density at radius 2 is 0.700 bits per heavy atom. The Balaban J connectivity index is 1.39. The van der Waals surface area contributed by atoms with Crippen LogP contribution < -0.4 is 9.80 Å². The van der Waals surface area contributed by atoms with Crippen molar-refractivity contribution < 1.29 is 0 Å². The lowest BCUT2D eigenvalue weighted by Gasteiger charge is -2.30. The summed E-state index contributed by atoms with van der Waals surface area (Å²) in [7, 11) is 0. The van der Waals surface area contributed by atoms with E-state index in [0.717, 1.165) is 22.7 Å². The lowest BCUT2D eigenvalue weighted by Crippen LogP contribution is -2.12. The molecule has 50 heavy (non-hydrogen) atoms. The molecule has 0 saturated carbocycles. The van der Waals surface area contributed by atoms with Crippen molar-refractivity contribution in [1.82, 2.24) is 0 Å². The largest absolute Gasteiger partial charge is 0.310 e. The molecule has 0 aliphatic carbocycles. The predicted molar refractivity (Wildman–Crippen MR) is 217 cm³/mol. The average Bonchev–Trinajstić information content (AvgIpc) is 3.13. The van der Waals surface area contributed by atoms with Crippen molar-refractivity contribution in [2.24, 2.45) is 0 Å². The van der Waals surface area contributed by atoms with E-state index in [2.05, 4.69) is 197 Å². The molecule has 2 heteroatoms. The topological polar surface area (TPSA) is 6.48 Å². The average molecular weight is 649 g/mol. The van der Waals surface area contributed by atoms with Crippen LogP contribution in [-0.2, 0) is 0 Å². The van der Waals surface area contributed by atoms with Gasteiger partial charge in [0.05, 0.1) is 11.4 Å². The monoisotopic (exact) mass is 648 g/mol. The minimum Gasteiger partial charge on any atom is -0.310 e. The molecule has 0 saturated heterocycles. The Bertz CT molecular complexity index is 2240. The van der Waals surface area contributed by atoms with Crippen LogP contribution in [0.3, 0.4) is 0 Å². The number of hydrogen-bond acceptors (Lipinski definition) is 2. The summed E-state index contributed by atoms with van der Waals surface area (Å²) in [5.74, 6) is 0.955. The van der Waals surface area contributed by atoms with E-state index in [9.17, 15) is 0 Å². The molecule has 0 heterocycles. The molecule has 2 nitrogen and oxygen atoms in total. The number of benzene rings is 8. The van der Waals surface area contributed by atoms with Crippen molar-refractivity contribution >= 4 is 66.4 Å². The SMILES string of the molecule is Cc1ccc(N(c2ccc(C(C)C)cc2)c2cc3cccc4c(N(c5ccc(C)cc5)c5ccc(C(C)C)cc5)cc5cccc2c5c34)cc1. The van der Waals surface area contributed by atoms with Crippen LogP contribution in [0, 0.1) is 13.8 Å². The van der Waals surface area contributed by atoms with Gasteiger partial charge in [0.15, 0.2) is 0 Å². The first kappa shape index (κ1) is 31.7. The standard InChI is InChI=1S/C48H44N2/c1-31(2)35-17-25-41(26-18-35)49(39-21-13-33(5)14-22-39)45-29-37-9-8-12-44-46(30-38-10-7-11-43(45)47(38)48(37)44)50(40-23-15-34(6)16-24-40)42-27-19-36(20-28-42)32(3)4/h7-32H,1-6H3. The molecule has 0 aliphatic heterocycles. The number of aryl methyl sites for hydroxylation is 2. The van der Waals surface area contributed by atoms with Crippen LogP contribution in [-0.4, -0.2) is 0 Å². The Hall–Kier alpha value is -5.60. The number of anilines is 6. The summed E-state index contributed by atoms with van der Waals surface area (Å²) in [5, 5.41) is 7.56. The van der Waals surface area contributed by atoms with E-state index >= 15 is 0 Å². The Labute approximate surface area is 296 Å². The molecule has 0 spiro atoms. The minimum atomic E-state index is 0.478. The van der Waals surface area contributed by atoms with Crippen molar-refractivity contribution in [3.63, 3.8) is 0 Å². The number of hydrogen-bond donors (Lipinski definition) is 0. The molecule has 0 unspecified atom stereocenters. The second-order valence-electron chi connectivity index (χ2n) is 14.4. The highest BCUT2D eigenvalue weighted by Crippen LogP contribution is 2.49. The van der Waals surface area contributed by atoms with Gasteiger partial charge in [-0.3, -0.25) is 0 Å². The summed E-state index contributed by atoms with van der Waals surface area (Å²) in [6.07, 6.45) is 0. The summed E-state index contributed by atoms with van der Waals surface area (Å²) in [5.41, 5.74) is 12.2. The fraction of sp³-hybridized carbons (Fsp3) is 0.167. The van der Waals surface area contributed by atoms with E-state index in [0.29, 0.717) is 11.8 Å². The van der Waals surface area contributed by atoms with Gasteiger partial charge in [0.25, 0.3) is 0 Å². The van der Waals surface area contributed by atoms with E-state index in [-0.39, 0.29) is 0 Å². The van der Waals surface area contributed by atoms with Crippen LogP contribution in [0.1, 0.15) is 61.8 Å². The maximum absolute atomic E-state index is 2.43. The second-order valence-corrected chi connectivity index (χ2v) is 14.4. The highest BCUT2D eigenvalue weighted by atomic mass is 15.1. The van der Waals surface area contributed by atoms with E-state index in [1.165, 1.54) is 65.9 Å². The minimum absolute atomic E-state index is 0.478. The zero-order chi connectivity index (χ0) is 34.5. The van der Waals surface area contributed by atoms with Crippen molar-refractivity contribution in [2.75, 3.05) is 9.80 Å². The zero-order valence-corrected chi connectivity index (χ0v) is 29.9. The van der Waals surface area contributed by atoms with Gasteiger partial charge >= 0.3 is 0 Å². The van der Waals surface area contributed by atoms with Gasteiger partial charge in [-0.15, -0.1) is 0 Å². The predicted octanol–water partition coefficient (Wildman–Crippen LogP) is 14.4.